The molecule has 4 heteroatoms. The molecule has 2 aromatic heterocycles. The monoisotopic (exact) mass is 208 g/mol. The molecule has 2 aromatic rings. The van der Waals surface area contributed by atoms with E-state index in [-0.39, 0.29) is 0 Å². The predicted molar refractivity (Wildman–Crippen MR) is 56.6 cm³/mol. The molecule has 0 aliphatic heterocycles. The van der Waals surface area contributed by atoms with E-state index in [1.54, 1.807) is 23.5 Å². The van der Waals surface area contributed by atoms with Crippen molar-refractivity contribution < 1.29 is 4.39 Å². The molecule has 2 nitrogen and oxygen atoms in total. The van der Waals surface area contributed by atoms with Crippen LogP contribution in [0.2, 0.25) is 0 Å². The molecular weight excluding hydrogens is 199 g/mol. The predicted octanol–water partition coefficient (Wildman–Crippen LogP) is 3.05. The quantitative estimate of drug-likeness (QED) is 0.705. The highest BCUT2D eigenvalue weighted by Crippen LogP contribution is 2.25. The number of rotatable bonds is 2. The van der Waals surface area contributed by atoms with Gasteiger partial charge in [-0.15, -0.1) is 11.3 Å². The van der Waals surface area contributed by atoms with Gasteiger partial charge in [0, 0.05) is 7.05 Å². The first-order valence-corrected chi connectivity index (χ1v) is 5.05. The number of anilines is 2. The summed E-state index contributed by atoms with van der Waals surface area (Å²) in [5, 5.41) is 3.02. The van der Waals surface area contributed by atoms with E-state index in [4.69, 9.17) is 0 Å². The maximum absolute atomic E-state index is 12.8. The summed E-state index contributed by atoms with van der Waals surface area (Å²) in [6, 6.07) is 8.70. The van der Waals surface area contributed by atoms with Crippen molar-refractivity contribution in [3.05, 3.63) is 41.7 Å². The minimum Gasteiger partial charge on any atom is -0.321 e. The molecule has 72 valence electrons. The van der Waals surface area contributed by atoms with Gasteiger partial charge in [0.1, 0.15) is 5.82 Å². The summed E-state index contributed by atoms with van der Waals surface area (Å²) >= 11 is 1.60. The minimum absolute atomic E-state index is 0.453. The number of nitrogens with zero attached hydrogens (tertiary/aromatic N) is 2. The van der Waals surface area contributed by atoms with E-state index in [2.05, 4.69) is 4.98 Å². The van der Waals surface area contributed by atoms with Gasteiger partial charge in [-0.05, 0) is 29.6 Å². The lowest BCUT2D eigenvalue weighted by atomic mass is 10.4. The number of pyridine rings is 1. The number of hydrogen-bond acceptors (Lipinski definition) is 3. The van der Waals surface area contributed by atoms with Crippen molar-refractivity contribution in [3.63, 3.8) is 0 Å². The van der Waals surface area contributed by atoms with Gasteiger partial charge in [-0.2, -0.15) is 4.39 Å². The first-order valence-electron chi connectivity index (χ1n) is 4.17. The Labute approximate surface area is 85.6 Å². The van der Waals surface area contributed by atoms with Gasteiger partial charge in [0.05, 0.1) is 5.00 Å². The molecule has 0 atom stereocenters. The standard InChI is InChI=1S/C10H9FN2S/c1-13(10-6-3-7-14-10)9-5-2-4-8(11)12-9/h2-7H,1H3. The van der Waals surface area contributed by atoms with E-state index in [0.717, 1.165) is 5.00 Å². The number of hydrogen-bond donors (Lipinski definition) is 0. The second kappa shape index (κ2) is 3.75. The molecule has 0 saturated heterocycles. The van der Waals surface area contributed by atoms with Crippen LogP contribution in [0.15, 0.2) is 35.7 Å². The third kappa shape index (κ3) is 1.75. The summed E-state index contributed by atoms with van der Waals surface area (Å²) in [6.45, 7) is 0. The smallest absolute Gasteiger partial charge is 0.214 e. The van der Waals surface area contributed by atoms with Crippen LogP contribution >= 0.6 is 11.3 Å². The van der Waals surface area contributed by atoms with E-state index in [1.165, 1.54) is 6.07 Å². The number of thiophene rings is 1. The molecule has 0 fully saturated rings. The number of halogens is 1. The first kappa shape index (κ1) is 9.15. The van der Waals surface area contributed by atoms with Gasteiger partial charge >= 0.3 is 0 Å². The average molecular weight is 208 g/mol. The van der Waals surface area contributed by atoms with E-state index in [1.807, 2.05) is 29.5 Å². The minimum atomic E-state index is -0.453. The van der Waals surface area contributed by atoms with Gasteiger partial charge in [0.15, 0.2) is 0 Å². The van der Waals surface area contributed by atoms with Crippen LogP contribution in [0.1, 0.15) is 0 Å². The van der Waals surface area contributed by atoms with Crippen molar-refractivity contribution >= 4 is 22.2 Å². The Bertz CT molecular complexity index is 414. The zero-order valence-corrected chi connectivity index (χ0v) is 8.46. The van der Waals surface area contributed by atoms with Gasteiger partial charge in [-0.3, -0.25) is 0 Å². The summed E-state index contributed by atoms with van der Waals surface area (Å²) in [5.74, 6) is 0.165. The Morgan fingerprint density at radius 2 is 2.14 bits per heavy atom. The zero-order chi connectivity index (χ0) is 9.97. The Balaban J connectivity index is 2.32. The fourth-order valence-electron chi connectivity index (χ4n) is 1.16. The van der Waals surface area contributed by atoms with Gasteiger partial charge in [-0.25, -0.2) is 4.98 Å². The van der Waals surface area contributed by atoms with Crippen LogP contribution in [0.4, 0.5) is 15.2 Å². The van der Waals surface area contributed by atoms with Crippen LogP contribution in [0.3, 0.4) is 0 Å². The molecule has 0 amide bonds. The zero-order valence-electron chi connectivity index (χ0n) is 7.64. The highest BCUT2D eigenvalue weighted by molar-refractivity contribution is 7.14. The van der Waals surface area contributed by atoms with Crippen molar-refractivity contribution in [2.24, 2.45) is 0 Å². The molecule has 0 radical (unpaired) electrons. The lowest BCUT2D eigenvalue weighted by Crippen LogP contribution is -2.09. The molecule has 2 heterocycles. The van der Waals surface area contributed by atoms with Gasteiger partial charge in [0.2, 0.25) is 5.95 Å². The van der Waals surface area contributed by atoms with Crippen LogP contribution in [0, 0.1) is 5.95 Å². The summed E-state index contributed by atoms with van der Waals surface area (Å²) in [7, 11) is 1.87. The number of aromatic nitrogens is 1. The molecule has 2 rings (SSSR count). The van der Waals surface area contributed by atoms with Crippen LogP contribution in [0.5, 0.6) is 0 Å². The summed E-state index contributed by atoms with van der Waals surface area (Å²) < 4.78 is 12.8. The SMILES string of the molecule is CN(c1cccc(F)n1)c1cccs1. The molecule has 0 unspecified atom stereocenters. The maximum atomic E-state index is 12.8. The summed E-state index contributed by atoms with van der Waals surface area (Å²) in [6.07, 6.45) is 0. The molecule has 14 heavy (non-hydrogen) atoms. The molecular formula is C10H9FN2S. The van der Waals surface area contributed by atoms with Crippen LogP contribution < -0.4 is 4.90 Å². The summed E-state index contributed by atoms with van der Waals surface area (Å²) in [5.41, 5.74) is 0. The largest absolute Gasteiger partial charge is 0.321 e. The topological polar surface area (TPSA) is 16.1 Å². The normalized spacial score (nSPS) is 10.1. The Kier molecular flexibility index (Phi) is 2.45. The lowest BCUT2D eigenvalue weighted by molar-refractivity contribution is 0.584. The fraction of sp³-hybridized carbons (Fsp3) is 0.100. The third-order valence-electron chi connectivity index (χ3n) is 1.88. The van der Waals surface area contributed by atoms with Crippen LogP contribution in [-0.4, -0.2) is 12.0 Å². The van der Waals surface area contributed by atoms with E-state index >= 15 is 0 Å². The molecule has 0 spiro atoms. The Hall–Kier alpha value is -1.42. The average Bonchev–Trinajstić information content (AvgIpc) is 2.69. The van der Waals surface area contributed by atoms with Gasteiger partial charge < -0.3 is 4.90 Å². The molecule has 0 bridgehead atoms. The second-order valence-corrected chi connectivity index (χ2v) is 3.75. The van der Waals surface area contributed by atoms with E-state index < -0.39 is 5.95 Å². The van der Waals surface area contributed by atoms with Gasteiger partial charge in [-0.1, -0.05) is 6.07 Å². The molecule has 0 saturated carbocycles. The van der Waals surface area contributed by atoms with Gasteiger partial charge in [0.25, 0.3) is 0 Å². The summed E-state index contributed by atoms with van der Waals surface area (Å²) in [4.78, 5) is 5.65. The maximum Gasteiger partial charge on any atom is 0.214 e. The third-order valence-corrected chi connectivity index (χ3v) is 2.83. The highest BCUT2D eigenvalue weighted by atomic mass is 32.1. The highest BCUT2D eigenvalue weighted by Gasteiger charge is 2.05. The van der Waals surface area contributed by atoms with E-state index in [9.17, 15) is 4.39 Å². The van der Waals surface area contributed by atoms with E-state index in [0.29, 0.717) is 5.82 Å². The molecule has 0 aliphatic rings. The fourth-order valence-corrected chi connectivity index (χ4v) is 1.86. The lowest BCUT2D eigenvalue weighted by Gasteiger charge is -2.15. The van der Waals surface area contributed by atoms with Crippen molar-refractivity contribution in [1.29, 1.82) is 0 Å². The van der Waals surface area contributed by atoms with Crippen molar-refractivity contribution in [1.82, 2.24) is 4.98 Å². The molecule has 0 aliphatic carbocycles. The van der Waals surface area contributed by atoms with Crippen LogP contribution in [0.25, 0.3) is 0 Å². The first-order chi connectivity index (χ1) is 6.77. The Morgan fingerprint density at radius 1 is 1.29 bits per heavy atom. The van der Waals surface area contributed by atoms with Crippen molar-refractivity contribution in [2.75, 3.05) is 11.9 Å². The second-order valence-electron chi connectivity index (χ2n) is 2.83. The van der Waals surface area contributed by atoms with Crippen molar-refractivity contribution in [3.8, 4) is 0 Å². The molecule has 0 aromatic carbocycles. The van der Waals surface area contributed by atoms with Crippen molar-refractivity contribution in [2.45, 2.75) is 0 Å². The van der Waals surface area contributed by atoms with Crippen LogP contribution in [-0.2, 0) is 0 Å². The Morgan fingerprint density at radius 3 is 2.79 bits per heavy atom. The molecule has 0 N–H and O–H groups in total.